The largest absolute Gasteiger partial charge is 0.482 e. The van der Waals surface area contributed by atoms with Crippen molar-refractivity contribution >= 4 is 18.5 Å². The Labute approximate surface area is 113 Å². The van der Waals surface area contributed by atoms with Gasteiger partial charge < -0.3 is 10.0 Å². The molecule has 0 amide bonds. The zero-order chi connectivity index (χ0) is 13.8. The molecule has 3 aromatic rings. The summed E-state index contributed by atoms with van der Waals surface area (Å²) in [6.45, 7) is 0. The number of aromatic nitrogens is 1. The van der Waals surface area contributed by atoms with Crippen LogP contribution in [0, 0.1) is 0 Å². The van der Waals surface area contributed by atoms with E-state index in [1.54, 1.807) is 12.4 Å². The standard InChI is InChI=1S/C10H8.C5H5N.BH2O2/c1-2-6-10-8-4-3-7-9(10)5-1;1-2-4-6-5-3-1;2-1-3/h1-8H;1-5H;2-3H. The molecule has 0 saturated heterocycles. The van der Waals surface area contributed by atoms with E-state index >= 15 is 0 Å². The summed E-state index contributed by atoms with van der Waals surface area (Å²) in [5, 5.41) is 16.6. The van der Waals surface area contributed by atoms with E-state index in [9.17, 15) is 0 Å². The molecule has 1 radical (unpaired) electrons. The van der Waals surface area contributed by atoms with Gasteiger partial charge in [0.2, 0.25) is 0 Å². The van der Waals surface area contributed by atoms with Crippen LogP contribution in [0.15, 0.2) is 79.1 Å². The quantitative estimate of drug-likeness (QED) is 0.604. The summed E-state index contributed by atoms with van der Waals surface area (Å²) >= 11 is 0. The fraction of sp³-hybridized carbons (Fsp3) is 0. The first-order valence-corrected chi connectivity index (χ1v) is 5.77. The third kappa shape index (κ3) is 6.36. The van der Waals surface area contributed by atoms with Gasteiger partial charge in [-0.25, -0.2) is 0 Å². The van der Waals surface area contributed by atoms with E-state index in [1.165, 1.54) is 10.8 Å². The Morgan fingerprint density at radius 3 is 1.21 bits per heavy atom. The maximum atomic E-state index is 7.00. The van der Waals surface area contributed by atoms with E-state index in [1.807, 2.05) is 18.2 Å². The number of pyridine rings is 1. The second-order valence-electron chi connectivity index (χ2n) is 3.49. The van der Waals surface area contributed by atoms with E-state index in [2.05, 4.69) is 53.5 Å². The SMILES string of the molecule is O[B]O.c1ccc2ccccc2c1.c1ccncc1. The van der Waals surface area contributed by atoms with Gasteiger partial charge in [-0.15, -0.1) is 0 Å². The highest BCUT2D eigenvalue weighted by Crippen LogP contribution is 2.11. The summed E-state index contributed by atoms with van der Waals surface area (Å²) in [5.74, 6) is 0. The van der Waals surface area contributed by atoms with Gasteiger partial charge in [0.15, 0.2) is 0 Å². The second-order valence-corrected chi connectivity index (χ2v) is 3.49. The van der Waals surface area contributed by atoms with Crippen LogP contribution in [0.5, 0.6) is 0 Å². The van der Waals surface area contributed by atoms with E-state index in [0.29, 0.717) is 0 Å². The first kappa shape index (κ1) is 14.9. The Bertz CT molecular complexity index is 469. The minimum atomic E-state index is 0. The maximum Gasteiger partial charge on any atom is 0.482 e. The molecule has 3 rings (SSSR count). The fourth-order valence-electron chi connectivity index (χ4n) is 1.45. The zero-order valence-corrected chi connectivity index (χ0v) is 10.4. The van der Waals surface area contributed by atoms with Crippen molar-refractivity contribution in [2.45, 2.75) is 0 Å². The summed E-state index contributed by atoms with van der Waals surface area (Å²) in [6, 6.07) is 22.4. The van der Waals surface area contributed by atoms with Crippen LogP contribution in [0.4, 0.5) is 0 Å². The second kappa shape index (κ2) is 9.82. The number of rotatable bonds is 0. The van der Waals surface area contributed by atoms with Crippen molar-refractivity contribution in [1.29, 1.82) is 0 Å². The predicted molar refractivity (Wildman–Crippen MR) is 78.4 cm³/mol. The Hall–Kier alpha value is -2.17. The molecular formula is C15H15BNO2. The summed E-state index contributed by atoms with van der Waals surface area (Å²) < 4.78 is 0. The molecule has 1 heterocycles. The van der Waals surface area contributed by atoms with Crippen LogP contribution >= 0.6 is 0 Å². The van der Waals surface area contributed by atoms with Crippen LogP contribution in [0.25, 0.3) is 10.8 Å². The molecule has 2 aromatic carbocycles. The zero-order valence-electron chi connectivity index (χ0n) is 10.4. The van der Waals surface area contributed by atoms with Gasteiger partial charge >= 0.3 is 7.69 Å². The Morgan fingerprint density at radius 1 is 0.632 bits per heavy atom. The number of hydrogen-bond acceptors (Lipinski definition) is 3. The average Bonchev–Trinajstić information content (AvgIpc) is 2.51. The van der Waals surface area contributed by atoms with Crippen molar-refractivity contribution in [3.05, 3.63) is 79.1 Å². The van der Waals surface area contributed by atoms with Crippen LogP contribution in [0.1, 0.15) is 0 Å². The molecule has 4 heteroatoms. The van der Waals surface area contributed by atoms with Crippen molar-refractivity contribution in [2.24, 2.45) is 0 Å². The normalized spacial score (nSPS) is 8.53. The van der Waals surface area contributed by atoms with Crippen LogP contribution in [0.2, 0.25) is 0 Å². The van der Waals surface area contributed by atoms with Crippen molar-refractivity contribution in [3.8, 4) is 0 Å². The predicted octanol–water partition coefficient (Wildman–Crippen LogP) is 2.43. The smallest absolute Gasteiger partial charge is 0.429 e. The van der Waals surface area contributed by atoms with Crippen LogP contribution in [-0.2, 0) is 0 Å². The lowest BCUT2D eigenvalue weighted by Gasteiger charge is -1.92. The lowest BCUT2D eigenvalue weighted by molar-refractivity contribution is 0.448. The lowest BCUT2D eigenvalue weighted by atomic mass is 10.1. The number of fused-ring (bicyclic) bond motifs is 1. The summed E-state index contributed by atoms with van der Waals surface area (Å²) in [5.41, 5.74) is 0. The van der Waals surface area contributed by atoms with E-state index in [4.69, 9.17) is 10.0 Å². The van der Waals surface area contributed by atoms with Gasteiger partial charge in [0.1, 0.15) is 0 Å². The Kier molecular flexibility index (Phi) is 7.70. The van der Waals surface area contributed by atoms with Gasteiger partial charge in [-0.05, 0) is 22.9 Å². The van der Waals surface area contributed by atoms with Gasteiger partial charge in [0.25, 0.3) is 0 Å². The monoisotopic (exact) mass is 252 g/mol. The first-order valence-electron chi connectivity index (χ1n) is 5.77. The molecule has 2 N–H and O–H groups in total. The molecule has 0 bridgehead atoms. The molecule has 1 aromatic heterocycles. The minimum absolute atomic E-state index is 0. The third-order valence-electron chi connectivity index (χ3n) is 2.23. The molecule has 0 aliphatic rings. The van der Waals surface area contributed by atoms with E-state index in [0.717, 1.165) is 0 Å². The van der Waals surface area contributed by atoms with Crippen molar-refractivity contribution in [1.82, 2.24) is 4.98 Å². The molecule has 95 valence electrons. The molecule has 0 aliphatic carbocycles. The van der Waals surface area contributed by atoms with Gasteiger partial charge in [-0.2, -0.15) is 0 Å². The fourth-order valence-corrected chi connectivity index (χ4v) is 1.45. The number of hydrogen-bond donors (Lipinski definition) is 2. The highest BCUT2D eigenvalue weighted by molar-refractivity contribution is 6.13. The number of benzene rings is 2. The molecule has 0 aliphatic heterocycles. The first-order chi connectivity index (χ1) is 9.38. The van der Waals surface area contributed by atoms with Crippen LogP contribution < -0.4 is 0 Å². The molecular weight excluding hydrogens is 237 g/mol. The van der Waals surface area contributed by atoms with Gasteiger partial charge in [-0.3, -0.25) is 4.98 Å². The summed E-state index contributed by atoms with van der Waals surface area (Å²) in [6.07, 6.45) is 3.50. The van der Waals surface area contributed by atoms with Gasteiger partial charge in [0, 0.05) is 12.4 Å². The molecule has 0 saturated carbocycles. The van der Waals surface area contributed by atoms with Gasteiger partial charge in [-0.1, -0.05) is 54.6 Å². The average molecular weight is 252 g/mol. The maximum absolute atomic E-state index is 7.00. The summed E-state index contributed by atoms with van der Waals surface area (Å²) in [7, 11) is 0. The van der Waals surface area contributed by atoms with Crippen molar-refractivity contribution in [2.75, 3.05) is 0 Å². The van der Waals surface area contributed by atoms with Crippen LogP contribution in [0.3, 0.4) is 0 Å². The van der Waals surface area contributed by atoms with Gasteiger partial charge in [0.05, 0.1) is 0 Å². The molecule has 0 atom stereocenters. The topological polar surface area (TPSA) is 53.4 Å². The van der Waals surface area contributed by atoms with Crippen LogP contribution in [-0.4, -0.2) is 22.7 Å². The molecule has 0 spiro atoms. The van der Waals surface area contributed by atoms with E-state index in [-0.39, 0.29) is 7.69 Å². The summed E-state index contributed by atoms with van der Waals surface area (Å²) in [4.78, 5) is 3.78. The number of nitrogens with zero attached hydrogens (tertiary/aromatic N) is 1. The molecule has 3 nitrogen and oxygen atoms in total. The lowest BCUT2D eigenvalue weighted by Crippen LogP contribution is -1.75. The highest BCUT2D eigenvalue weighted by Gasteiger charge is 1.85. The third-order valence-corrected chi connectivity index (χ3v) is 2.23. The van der Waals surface area contributed by atoms with Crippen molar-refractivity contribution < 1.29 is 10.0 Å². The molecule has 19 heavy (non-hydrogen) atoms. The molecule has 0 unspecified atom stereocenters. The molecule has 0 fully saturated rings. The highest BCUT2D eigenvalue weighted by atomic mass is 16.4. The van der Waals surface area contributed by atoms with Crippen molar-refractivity contribution in [3.63, 3.8) is 0 Å². The van der Waals surface area contributed by atoms with E-state index < -0.39 is 0 Å². The Balaban J connectivity index is 0.000000172. The minimum Gasteiger partial charge on any atom is -0.429 e. The Morgan fingerprint density at radius 2 is 1.00 bits per heavy atom.